The van der Waals surface area contributed by atoms with Gasteiger partial charge < -0.3 is 5.11 Å². The fourth-order valence-electron chi connectivity index (χ4n) is 0.981. The van der Waals surface area contributed by atoms with Crippen molar-refractivity contribution in [3.63, 3.8) is 0 Å². The molecule has 1 aromatic rings. The number of hydrogen-bond donors (Lipinski definition) is 1. The third kappa shape index (κ3) is 3.05. The van der Waals surface area contributed by atoms with Crippen molar-refractivity contribution in [1.82, 2.24) is 4.98 Å². The lowest BCUT2D eigenvalue weighted by molar-refractivity contribution is -0.136. The first-order valence-corrected chi connectivity index (χ1v) is 4.84. The lowest BCUT2D eigenvalue weighted by Gasteiger charge is -2.06. The number of halogens is 4. The standard InChI is InChI=1S/C8H5F3INO2/c9-7(10)6-4(12)1-3(2-5(14)15)13-8(6)11/h1,7H,2H2,(H,14,15). The van der Waals surface area contributed by atoms with Gasteiger partial charge in [-0.3, -0.25) is 4.79 Å². The van der Waals surface area contributed by atoms with Gasteiger partial charge in [0.15, 0.2) is 0 Å². The maximum atomic E-state index is 13.0. The second-order valence-corrected chi connectivity index (χ2v) is 3.83. The summed E-state index contributed by atoms with van der Waals surface area (Å²) in [7, 11) is 0. The van der Waals surface area contributed by atoms with Crippen LogP contribution in [0.15, 0.2) is 6.07 Å². The van der Waals surface area contributed by atoms with Crippen LogP contribution in [0.25, 0.3) is 0 Å². The monoisotopic (exact) mass is 331 g/mol. The van der Waals surface area contributed by atoms with E-state index in [9.17, 15) is 18.0 Å². The van der Waals surface area contributed by atoms with Crippen LogP contribution in [0.1, 0.15) is 17.7 Å². The molecule has 0 amide bonds. The molecule has 1 heterocycles. The van der Waals surface area contributed by atoms with Crippen LogP contribution in [0, 0.1) is 9.52 Å². The summed E-state index contributed by atoms with van der Waals surface area (Å²) >= 11 is 1.52. The number of aromatic nitrogens is 1. The molecule has 3 nitrogen and oxygen atoms in total. The van der Waals surface area contributed by atoms with E-state index in [-0.39, 0.29) is 9.26 Å². The van der Waals surface area contributed by atoms with E-state index in [0.717, 1.165) is 6.07 Å². The summed E-state index contributed by atoms with van der Waals surface area (Å²) in [6.45, 7) is 0. The molecule has 0 aliphatic rings. The van der Waals surface area contributed by atoms with Crippen LogP contribution in [0.5, 0.6) is 0 Å². The highest BCUT2D eigenvalue weighted by Gasteiger charge is 2.20. The highest BCUT2D eigenvalue weighted by molar-refractivity contribution is 14.1. The number of rotatable bonds is 3. The molecule has 0 spiro atoms. The molecule has 82 valence electrons. The molecule has 0 bridgehead atoms. The molecule has 7 heteroatoms. The van der Waals surface area contributed by atoms with Gasteiger partial charge in [-0.05, 0) is 28.7 Å². The van der Waals surface area contributed by atoms with E-state index in [1.54, 1.807) is 0 Å². The lowest BCUT2D eigenvalue weighted by Crippen LogP contribution is -2.07. The number of carboxylic acid groups (broad SMARTS) is 1. The quantitative estimate of drug-likeness (QED) is 0.684. The largest absolute Gasteiger partial charge is 0.481 e. The minimum Gasteiger partial charge on any atom is -0.481 e. The molecular formula is C8H5F3INO2. The highest BCUT2D eigenvalue weighted by Crippen LogP contribution is 2.26. The first-order valence-electron chi connectivity index (χ1n) is 3.76. The summed E-state index contributed by atoms with van der Waals surface area (Å²) in [5.41, 5.74) is -0.862. The molecule has 1 rings (SSSR count). The number of pyridine rings is 1. The molecule has 0 aliphatic heterocycles. The average molecular weight is 331 g/mol. The molecular weight excluding hydrogens is 326 g/mol. The number of alkyl halides is 2. The predicted molar refractivity (Wildman–Crippen MR) is 53.2 cm³/mol. The summed E-state index contributed by atoms with van der Waals surface area (Å²) in [5, 5.41) is 8.41. The molecule has 1 aromatic heterocycles. The zero-order valence-corrected chi connectivity index (χ0v) is 9.33. The van der Waals surface area contributed by atoms with Gasteiger partial charge in [-0.15, -0.1) is 0 Å². The molecule has 0 atom stereocenters. The van der Waals surface area contributed by atoms with Crippen LogP contribution in [0.2, 0.25) is 0 Å². The van der Waals surface area contributed by atoms with Gasteiger partial charge in [0.05, 0.1) is 17.7 Å². The first-order chi connectivity index (χ1) is 6.91. The molecule has 0 radical (unpaired) electrons. The lowest BCUT2D eigenvalue weighted by atomic mass is 10.2. The van der Waals surface area contributed by atoms with E-state index in [1.807, 2.05) is 0 Å². The summed E-state index contributed by atoms with van der Waals surface area (Å²) in [6, 6.07) is 1.14. The zero-order chi connectivity index (χ0) is 11.6. The summed E-state index contributed by atoms with van der Waals surface area (Å²) in [5.74, 6) is -2.50. The Hall–Kier alpha value is -0.860. The Morgan fingerprint density at radius 2 is 2.20 bits per heavy atom. The van der Waals surface area contributed by atoms with Crippen molar-refractivity contribution in [2.75, 3.05) is 0 Å². The van der Waals surface area contributed by atoms with E-state index >= 15 is 0 Å². The van der Waals surface area contributed by atoms with Gasteiger partial charge in [0.2, 0.25) is 5.95 Å². The van der Waals surface area contributed by atoms with E-state index in [0.29, 0.717) is 0 Å². The van der Waals surface area contributed by atoms with Crippen molar-refractivity contribution in [3.05, 3.63) is 26.8 Å². The van der Waals surface area contributed by atoms with Crippen molar-refractivity contribution in [2.24, 2.45) is 0 Å². The topological polar surface area (TPSA) is 50.2 Å². The molecule has 0 saturated carbocycles. The average Bonchev–Trinajstić information content (AvgIpc) is 1.99. The number of nitrogens with zero attached hydrogens (tertiary/aromatic N) is 1. The first kappa shape index (κ1) is 12.2. The zero-order valence-electron chi connectivity index (χ0n) is 7.18. The second-order valence-electron chi connectivity index (χ2n) is 2.67. The van der Waals surface area contributed by atoms with Crippen LogP contribution in [0.4, 0.5) is 13.2 Å². The van der Waals surface area contributed by atoms with Crippen LogP contribution in [-0.2, 0) is 11.2 Å². The fourth-order valence-corrected chi connectivity index (χ4v) is 1.80. The third-order valence-electron chi connectivity index (χ3n) is 1.57. The van der Waals surface area contributed by atoms with Gasteiger partial charge in [-0.1, -0.05) is 0 Å². The smallest absolute Gasteiger partial charge is 0.309 e. The van der Waals surface area contributed by atoms with Crippen LogP contribution in [-0.4, -0.2) is 16.1 Å². The maximum Gasteiger partial charge on any atom is 0.309 e. The van der Waals surface area contributed by atoms with Crippen molar-refractivity contribution in [1.29, 1.82) is 0 Å². The highest BCUT2D eigenvalue weighted by atomic mass is 127. The van der Waals surface area contributed by atoms with E-state index in [1.165, 1.54) is 22.6 Å². The van der Waals surface area contributed by atoms with E-state index in [4.69, 9.17) is 5.11 Å². The fraction of sp³-hybridized carbons (Fsp3) is 0.250. The Bertz CT molecular complexity index is 374. The van der Waals surface area contributed by atoms with Gasteiger partial charge in [-0.2, -0.15) is 4.39 Å². The number of hydrogen-bond acceptors (Lipinski definition) is 2. The summed E-state index contributed by atoms with van der Waals surface area (Å²) < 4.78 is 37.6. The molecule has 1 N–H and O–H groups in total. The van der Waals surface area contributed by atoms with Crippen molar-refractivity contribution >= 4 is 28.6 Å². The number of carboxylic acids is 1. The Morgan fingerprint density at radius 3 is 2.60 bits per heavy atom. The van der Waals surface area contributed by atoms with Crippen molar-refractivity contribution in [2.45, 2.75) is 12.8 Å². The third-order valence-corrected chi connectivity index (χ3v) is 2.46. The molecule has 0 fully saturated rings. The van der Waals surface area contributed by atoms with Gasteiger partial charge in [0.1, 0.15) is 0 Å². The van der Waals surface area contributed by atoms with Gasteiger partial charge >= 0.3 is 5.97 Å². The maximum absolute atomic E-state index is 13.0. The molecule has 15 heavy (non-hydrogen) atoms. The Balaban J connectivity index is 3.13. The van der Waals surface area contributed by atoms with Crippen LogP contribution in [0.3, 0.4) is 0 Å². The van der Waals surface area contributed by atoms with E-state index < -0.39 is 30.3 Å². The molecule has 0 unspecified atom stereocenters. The van der Waals surface area contributed by atoms with Gasteiger partial charge in [0, 0.05) is 3.57 Å². The second kappa shape index (κ2) is 4.77. The predicted octanol–water partition coefficient (Wildman–Crippen LogP) is 2.39. The molecule has 0 aliphatic carbocycles. The van der Waals surface area contributed by atoms with Crippen molar-refractivity contribution in [3.8, 4) is 0 Å². The van der Waals surface area contributed by atoms with Gasteiger partial charge in [0.25, 0.3) is 6.43 Å². The van der Waals surface area contributed by atoms with E-state index in [2.05, 4.69) is 4.98 Å². The SMILES string of the molecule is O=C(O)Cc1cc(I)c(C(F)F)c(F)n1. The van der Waals surface area contributed by atoms with Gasteiger partial charge in [-0.25, -0.2) is 13.8 Å². The summed E-state index contributed by atoms with van der Waals surface area (Å²) in [6.07, 6.45) is -3.44. The van der Waals surface area contributed by atoms with Crippen molar-refractivity contribution < 1.29 is 23.1 Å². The minimum atomic E-state index is -2.96. The summed E-state index contributed by atoms with van der Waals surface area (Å²) in [4.78, 5) is 13.5. The normalized spacial score (nSPS) is 10.7. The number of carbonyl (C=O) groups is 1. The minimum absolute atomic E-state index is 0.0219. The Morgan fingerprint density at radius 1 is 1.60 bits per heavy atom. The number of aliphatic carboxylic acids is 1. The Labute approximate surface area is 96.5 Å². The van der Waals surface area contributed by atoms with Crippen LogP contribution < -0.4 is 0 Å². The molecule has 0 saturated heterocycles. The Kier molecular flexibility index (Phi) is 3.89. The van der Waals surface area contributed by atoms with Crippen LogP contribution >= 0.6 is 22.6 Å². The molecule has 0 aromatic carbocycles.